The number of alkyl carbamates (subject to hydrolysis) is 1. The SMILES string of the molecule is C[C@H](OC(=O)NCc1ccccc1C(F)(F)F)C(=O)NC1C(=O)N(C)c2ccccc2[C@@H]2CCCCC12. The van der Waals surface area contributed by atoms with Gasteiger partial charge in [-0.15, -0.1) is 0 Å². The molecule has 198 valence electrons. The van der Waals surface area contributed by atoms with Crippen molar-refractivity contribution in [3.05, 3.63) is 65.2 Å². The summed E-state index contributed by atoms with van der Waals surface area (Å²) in [5.74, 6) is -0.878. The molecule has 1 aliphatic carbocycles. The van der Waals surface area contributed by atoms with Crippen LogP contribution in [0.3, 0.4) is 0 Å². The van der Waals surface area contributed by atoms with Gasteiger partial charge in [-0.25, -0.2) is 4.79 Å². The summed E-state index contributed by atoms with van der Waals surface area (Å²) in [6, 6.07) is 11.8. The number of para-hydroxylation sites is 1. The van der Waals surface area contributed by atoms with Crippen LogP contribution in [0.4, 0.5) is 23.7 Å². The second-order valence-corrected chi connectivity index (χ2v) is 9.55. The lowest BCUT2D eigenvalue weighted by molar-refractivity contribution is -0.138. The average molecular weight is 518 g/mol. The number of benzene rings is 2. The minimum Gasteiger partial charge on any atom is -0.436 e. The minimum atomic E-state index is -4.57. The number of rotatable bonds is 5. The molecule has 7 nitrogen and oxygen atoms in total. The molecule has 2 unspecified atom stereocenters. The number of nitrogens with one attached hydrogen (secondary N) is 2. The number of carbonyl (C=O) groups is 3. The largest absolute Gasteiger partial charge is 0.436 e. The number of ether oxygens (including phenoxy) is 1. The van der Waals surface area contributed by atoms with E-state index in [-0.39, 0.29) is 23.3 Å². The number of carbonyl (C=O) groups excluding carboxylic acids is 3. The van der Waals surface area contributed by atoms with E-state index in [0.29, 0.717) is 0 Å². The Bertz CT molecular complexity index is 1170. The fraction of sp³-hybridized carbons (Fsp3) is 0.444. The van der Waals surface area contributed by atoms with Gasteiger partial charge >= 0.3 is 12.3 Å². The molecule has 4 atom stereocenters. The van der Waals surface area contributed by atoms with E-state index in [4.69, 9.17) is 4.74 Å². The summed E-state index contributed by atoms with van der Waals surface area (Å²) in [5.41, 5.74) is 0.922. The topological polar surface area (TPSA) is 87.7 Å². The van der Waals surface area contributed by atoms with Crippen molar-refractivity contribution >= 4 is 23.6 Å². The summed E-state index contributed by atoms with van der Waals surface area (Å²) in [5, 5.41) is 5.06. The smallest absolute Gasteiger partial charge is 0.416 e. The summed E-state index contributed by atoms with van der Waals surface area (Å²) in [6.07, 6.45) is -3.20. The van der Waals surface area contributed by atoms with Crippen molar-refractivity contribution in [2.75, 3.05) is 11.9 Å². The van der Waals surface area contributed by atoms with Crippen LogP contribution in [0.2, 0.25) is 0 Å². The molecule has 2 N–H and O–H groups in total. The van der Waals surface area contributed by atoms with E-state index in [2.05, 4.69) is 10.6 Å². The average Bonchev–Trinajstić information content (AvgIpc) is 2.97. The van der Waals surface area contributed by atoms with Crippen molar-refractivity contribution in [3.63, 3.8) is 0 Å². The fourth-order valence-electron chi connectivity index (χ4n) is 5.38. The van der Waals surface area contributed by atoms with Crippen molar-refractivity contribution < 1.29 is 32.3 Å². The molecule has 1 heterocycles. The minimum absolute atomic E-state index is 0.101. The maximum Gasteiger partial charge on any atom is 0.416 e. The second-order valence-electron chi connectivity index (χ2n) is 9.55. The number of halogens is 3. The van der Waals surface area contributed by atoms with Crippen LogP contribution >= 0.6 is 0 Å². The van der Waals surface area contributed by atoms with E-state index in [9.17, 15) is 27.6 Å². The number of hydrogen-bond donors (Lipinski definition) is 2. The van der Waals surface area contributed by atoms with E-state index in [0.717, 1.165) is 43.0 Å². The first kappa shape index (κ1) is 26.5. The highest BCUT2D eigenvalue weighted by atomic mass is 19.4. The first-order valence-electron chi connectivity index (χ1n) is 12.3. The number of hydrogen-bond acceptors (Lipinski definition) is 4. The quantitative estimate of drug-likeness (QED) is 0.599. The fourth-order valence-corrected chi connectivity index (χ4v) is 5.38. The zero-order chi connectivity index (χ0) is 26.7. The summed E-state index contributed by atoms with van der Waals surface area (Å²) in [6.45, 7) is 0.938. The Morgan fingerprint density at radius 1 is 1.08 bits per heavy atom. The number of fused-ring (bicyclic) bond motifs is 3. The molecular formula is C27H30F3N3O4. The van der Waals surface area contributed by atoms with E-state index in [1.807, 2.05) is 24.3 Å². The Hall–Kier alpha value is -3.56. The molecule has 1 fully saturated rings. The van der Waals surface area contributed by atoms with Gasteiger partial charge < -0.3 is 20.3 Å². The molecule has 0 bridgehead atoms. The third kappa shape index (κ3) is 5.73. The van der Waals surface area contributed by atoms with E-state index < -0.39 is 42.4 Å². The predicted molar refractivity (Wildman–Crippen MR) is 131 cm³/mol. The molecule has 4 rings (SSSR count). The number of nitrogens with zero attached hydrogens (tertiary/aromatic N) is 1. The Labute approximate surface area is 213 Å². The third-order valence-corrected chi connectivity index (χ3v) is 7.24. The Kier molecular flexibility index (Phi) is 7.75. The summed E-state index contributed by atoms with van der Waals surface area (Å²) in [7, 11) is 1.68. The highest BCUT2D eigenvalue weighted by molar-refractivity contribution is 6.01. The number of anilines is 1. The van der Waals surface area contributed by atoms with Gasteiger partial charge in [-0.3, -0.25) is 9.59 Å². The standard InChI is InChI=1S/C27H30F3N3O4/c1-16(37-26(36)31-15-17-9-3-7-13-21(17)27(28,29)30)24(34)32-23-20-12-5-4-10-18(20)19-11-6-8-14-22(19)33(2)25(23)35/h3,6-9,11,13-14,16,18,20,23H,4-5,10,12,15H2,1-2H3,(H,31,36)(H,32,34)/t16-,18-,20?,23?/m0/s1. The molecule has 3 amide bonds. The molecule has 37 heavy (non-hydrogen) atoms. The lowest BCUT2D eigenvalue weighted by atomic mass is 9.72. The zero-order valence-electron chi connectivity index (χ0n) is 20.7. The zero-order valence-corrected chi connectivity index (χ0v) is 20.7. The van der Waals surface area contributed by atoms with Crippen LogP contribution in [-0.2, 0) is 27.0 Å². The molecule has 2 aliphatic rings. The molecule has 0 spiro atoms. The lowest BCUT2D eigenvalue weighted by Crippen LogP contribution is -2.54. The molecule has 2 aromatic carbocycles. The van der Waals surface area contributed by atoms with Crippen LogP contribution in [0.1, 0.15) is 55.2 Å². The Morgan fingerprint density at radius 3 is 2.51 bits per heavy atom. The van der Waals surface area contributed by atoms with Gasteiger partial charge in [0.15, 0.2) is 6.10 Å². The van der Waals surface area contributed by atoms with Crippen LogP contribution in [0.15, 0.2) is 48.5 Å². The van der Waals surface area contributed by atoms with Crippen molar-refractivity contribution in [2.24, 2.45) is 5.92 Å². The Balaban J connectivity index is 1.41. The maximum absolute atomic E-state index is 13.4. The van der Waals surface area contributed by atoms with Crippen molar-refractivity contribution in [2.45, 2.75) is 63.4 Å². The monoisotopic (exact) mass is 517 g/mol. The van der Waals surface area contributed by atoms with Crippen LogP contribution in [-0.4, -0.2) is 37.1 Å². The first-order valence-corrected chi connectivity index (χ1v) is 12.3. The molecule has 0 radical (unpaired) electrons. The highest BCUT2D eigenvalue weighted by Gasteiger charge is 2.43. The van der Waals surface area contributed by atoms with Gasteiger partial charge in [-0.1, -0.05) is 49.2 Å². The van der Waals surface area contributed by atoms with Crippen LogP contribution in [0.5, 0.6) is 0 Å². The normalized spacial score (nSPS) is 22.2. The van der Waals surface area contributed by atoms with E-state index in [1.54, 1.807) is 11.9 Å². The molecule has 1 saturated carbocycles. The third-order valence-electron chi connectivity index (χ3n) is 7.24. The maximum atomic E-state index is 13.4. The predicted octanol–water partition coefficient (Wildman–Crippen LogP) is 4.76. The van der Waals surface area contributed by atoms with E-state index >= 15 is 0 Å². The Morgan fingerprint density at radius 2 is 1.76 bits per heavy atom. The van der Waals surface area contributed by atoms with Gasteiger partial charge in [-0.05, 0) is 54.9 Å². The van der Waals surface area contributed by atoms with Gasteiger partial charge in [0, 0.05) is 19.3 Å². The number of alkyl halides is 3. The van der Waals surface area contributed by atoms with Crippen molar-refractivity contribution in [1.82, 2.24) is 10.6 Å². The molecule has 0 aromatic heterocycles. The van der Waals surface area contributed by atoms with Crippen LogP contribution < -0.4 is 15.5 Å². The number of likely N-dealkylation sites (N-methyl/N-ethyl adjacent to an activating group) is 1. The molecule has 0 saturated heterocycles. The van der Waals surface area contributed by atoms with Gasteiger partial charge in [0.25, 0.3) is 5.91 Å². The van der Waals surface area contributed by atoms with Crippen LogP contribution in [0.25, 0.3) is 0 Å². The van der Waals surface area contributed by atoms with Crippen LogP contribution in [0, 0.1) is 5.92 Å². The van der Waals surface area contributed by atoms with Crippen molar-refractivity contribution in [3.8, 4) is 0 Å². The summed E-state index contributed by atoms with van der Waals surface area (Å²) in [4.78, 5) is 40.2. The first-order chi connectivity index (χ1) is 17.6. The summed E-state index contributed by atoms with van der Waals surface area (Å²) < 4.78 is 44.7. The van der Waals surface area contributed by atoms with Gasteiger partial charge in [0.1, 0.15) is 6.04 Å². The number of amides is 3. The highest BCUT2D eigenvalue weighted by Crippen LogP contribution is 2.45. The molecule has 2 aromatic rings. The van der Waals surface area contributed by atoms with Crippen molar-refractivity contribution in [1.29, 1.82) is 0 Å². The van der Waals surface area contributed by atoms with Gasteiger partial charge in [-0.2, -0.15) is 13.2 Å². The molecular weight excluding hydrogens is 487 g/mol. The second kappa shape index (κ2) is 10.8. The van der Waals surface area contributed by atoms with E-state index in [1.165, 1.54) is 25.1 Å². The molecule has 10 heteroatoms. The lowest BCUT2D eigenvalue weighted by Gasteiger charge is -2.35. The molecule has 1 aliphatic heterocycles. The van der Waals surface area contributed by atoms with Gasteiger partial charge in [0.05, 0.1) is 5.56 Å². The summed E-state index contributed by atoms with van der Waals surface area (Å²) >= 11 is 0. The van der Waals surface area contributed by atoms with Gasteiger partial charge in [0.2, 0.25) is 5.91 Å².